The molecule has 0 radical (unpaired) electrons. The summed E-state index contributed by atoms with van der Waals surface area (Å²) < 4.78 is 28.6. The van der Waals surface area contributed by atoms with Gasteiger partial charge in [0.15, 0.2) is 17.5 Å². The Hall–Kier alpha value is -6.59. The summed E-state index contributed by atoms with van der Waals surface area (Å²) in [6.45, 7) is 9.50. The number of nitrogens with one attached hydrogen (secondary N) is 2. The fraction of sp³-hybridized carbons (Fsp3) is 0.217. The number of ether oxygens (including phenoxy) is 2. The molecule has 2 aromatic heterocycles. The number of aromatic nitrogens is 4. The van der Waals surface area contributed by atoms with Crippen molar-refractivity contribution in [2.24, 2.45) is 0 Å². The van der Waals surface area contributed by atoms with E-state index >= 15 is 4.39 Å². The molecule has 0 fully saturated rings. The molecule has 0 saturated heterocycles. The van der Waals surface area contributed by atoms with Crippen molar-refractivity contribution in [1.82, 2.24) is 24.6 Å². The molecule has 0 aliphatic heterocycles. The minimum atomic E-state index is -0.967. The van der Waals surface area contributed by atoms with Crippen LogP contribution in [0.25, 0.3) is 10.9 Å². The van der Waals surface area contributed by atoms with Gasteiger partial charge in [0, 0.05) is 17.6 Å². The molecule has 0 spiro atoms. The van der Waals surface area contributed by atoms with Gasteiger partial charge < -0.3 is 25.0 Å². The van der Waals surface area contributed by atoms with Crippen LogP contribution in [0.5, 0.6) is 11.8 Å². The molecule has 0 aliphatic carbocycles. The first-order valence-corrected chi connectivity index (χ1v) is 19.3. The van der Waals surface area contributed by atoms with Gasteiger partial charge in [-0.15, -0.1) is 0 Å². The summed E-state index contributed by atoms with van der Waals surface area (Å²) in [6.07, 6.45) is 1.21. The van der Waals surface area contributed by atoms with Gasteiger partial charge in [-0.3, -0.25) is 4.79 Å². The minimum Gasteiger partial charge on any atom is -0.494 e. The molecule has 7 aromatic rings. The summed E-state index contributed by atoms with van der Waals surface area (Å²) in [5.74, 6) is 0.163. The second kappa shape index (κ2) is 17.9. The maximum Gasteiger partial charge on any atom is 0.318 e. The number of fused-ring (bicyclic) bond motifs is 1. The Morgan fingerprint density at radius 3 is 1.96 bits per heavy atom. The van der Waals surface area contributed by atoms with Gasteiger partial charge in [0.25, 0.3) is 0 Å². The number of halogens is 1. The van der Waals surface area contributed by atoms with Crippen molar-refractivity contribution >= 4 is 34.1 Å². The molecule has 2 N–H and O–H groups in total. The van der Waals surface area contributed by atoms with E-state index in [1.54, 1.807) is 0 Å². The number of hydrogen-bond donors (Lipinski definition) is 2. The van der Waals surface area contributed by atoms with Gasteiger partial charge in [0.05, 0.1) is 24.7 Å². The molecule has 57 heavy (non-hydrogen) atoms. The molecule has 2 heterocycles. The van der Waals surface area contributed by atoms with Crippen molar-refractivity contribution < 1.29 is 18.7 Å². The van der Waals surface area contributed by atoms with Gasteiger partial charge >= 0.3 is 6.01 Å². The molecule has 11 heteroatoms. The normalized spacial score (nSPS) is 11.5. The Morgan fingerprint density at radius 1 is 0.772 bits per heavy atom. The van der Waals surface area contributed by atoms with Gasteiger partial charge in [-0.1, -0.05) is 117 Å². The van der Waals surface area contributed by atoms with Crippen LogP contribution in [0.3, 0.4) is 0 Å². The van der Waals surface area contributed by atoms with Crippen LogP contribution in [0.15, 0.2) is 140 Å². The van der Waals surface area contributed by atoms with Crippen molar-refractivity contribution in [2.75, 3.05) is 43.5 Å². The quantitative estimate of drug-likeness (QED) is 0.0887. The number of rotatable bonds is 17. The van der Waals surface area contributed by atoms with E-state index < -0.39 is 11.4 Å². The highest BCUT2D eigenvalue weighted by molar-refractivity contribution is 6.02. The molecule has 5 aromatic carbocycles. The van der Waals surface area contributed by atoms with Crippen LogP contribution in [0, 0.1) is 5.82 Å². The number of carbonyl (C=O) groups is 1. The highest BCUT2D eigenvalue weighted by Crippen LogP contribution is 2.44. The lowest BCUT2D eigenvalue weighted by Crippen LogP contribution is -2.38. The van der Waals surface area contributed by atoms with Crippen molar-refractivity contribution in [1.29, 1.82) is 0 Å². The third-order valence-corrected chi connectivity index (χ3v) is 9.95. The molecular formula is C46H46FN7O3. The first-order chi connectivity index (χ1) is 27.9. The average molecular weight is 764 g/mol. The van der Waals surface area contributed by atoms with Crippen LogP contribution in [-0.4, -0.2) is 63.4 Å². The number of nitrogens with zero attached hydrogens (tertiary/aromatic N) is 5. The number of anilines is 3. The molecule has 7 rings (SSSR count). The summed E-state index contributed by atoms with van der Waals surface area (Å²) in [6, 6.07) is 43.8. The predicted octanol–water partition coefficient (Wildman–Crippen LogP) is 8.85. The molecule has 1 amide bonds. The molecule has 10 nitrogen and oxygen atoms in total. The zero-order chi connectivity index (χ0) is 39.6. The van der Waals surface area contributed by atoms with E-state index in [-0.39, 0.29) is 24.2 Å². The Labute approximate surface area is 332 Å². The highest BCUT2D eigenvalue weighted by Gasteiger charge is 2.41. The molecule has 0 unspecified atom stereocenters. The summed E-state index contributed by atoms with van der Waals surface area (Å²) >= 11 is 0. The SMILES string of the molecule is CCOc1ccc(CC(=O)Nc2nn(C(c3ccccc3)(c3ccccc3)c3ccccc3)c3ccc(Nc4nc(OCCN(CC)CC)ncc4F)cc23)cc1. The Balaban J connectivity index is 1.34. The average Bonchev–Trinajstić information content (AvgIpc) is 3.60. The fourth-order valence-electron chi connectivity index (χ4n) is 7.13. The van der Waals surface area contributed by atoms with E-state index in [4.69, 9.17) is 14.6 Å². The topological polar surface area (TPSA) is 106 Å². The van der Waals surface area contributed by atoms with Crippen molar-refractivity contribution in [3.63, 3.8) is 0 Å². The van der Waals surface area contributed by atoms with Gasteiger partial charge in [-0.05, 0) is 72.6 Å². The van der Waals surface area contributed by atoms with Gasteiger partial charge in [0.2, 0.25) is 5.91 Å². The van der Waals surface area contributed by atoms with Gasteiger partial charge in [0.1, 0.15) is 17.9 Å². The van der Waals surface area contributed by atoms with Crippen LogP contribution >= 0.6 is 0 Å². The third kappa shape index (κ3) is 8.48. The van der Waals surface area contributed by atoms with Crippen LogP contribution < -0.4 is 20.1 Å². The van der Waals surface area contributed by atoms with Gasteiger partial charge in [-0.25, -0.2) is 14.1 Å². The Kier molecular flexibility index (Phi) is 12.2. The summed E-state index contributed by atoms with van der Waals surface area (Å²) in [5, 5.41) is 12.1. The Bertz CT molecular complexity index is 2290. The summed E-state index contributed by atoms with van der Waals surface area (Å²) in [7, 11) is 0. The monoisotopic (exact) mass is 763 g/mol. The standard InChI is InChI=1S/C46H46FN7O3/c1-4-53(5-2)28-29-57-45-48-32-40(47)44(51-45)49-37-24-27-41-39(31-37)43(50-42(55)30-33-22-25-38(26-23-33)56-6-3)52-54(41)46(34-16-10-7-11-17-34,35-18-12-8-13-19-35)36-20-14-9-15-21-36/h7-27,31-32H,4-6,28-30H2,1-3H3,(H,48,49,51)(H,50,52,55). The number of amides is 1. The number of carbonyl (C=O) groups excluding carboxylic acids is 1. The first-order valence-electron chi connectivity index (χ1n) is 19.3. The zero-order valence-electron chi connectivity index (χ0n) is 32.4. The van der Waals surface area contributed by atoms with E-state index in [2.05, 4.69) is 75.7 Å². The van der Waals surface area contributed by atoms with Crippen molar-refractivity contribution in [3.05, 3.63) is 168 Å². The van der Waals surface area contributed by atoms with E-state index in [1.807, 2.05) is 109 Å². The van der Waals surface area contributed by atoms with Gasteiger partial charge in [-0.2, -0.15) is 10.1 Å². The molecule has 0 atom stereocenters. The Morgan fingerprint density at radius 2 is 1.39 bits per heavy atom. The number of hydrogen-bond acceptors (Lipinski definition) is 8. The molecule has 0 aliphatic rings. The van der Waals surface area contributed by atoms with Crippen LogP contribution in [0.4, 0.5) is 21.7 Å². The fourth-order valence-corrected chi connectivity index (χ4v) is 7.13. The zero-order valence-corrected chi connectivity index (χ0v) is 32.4. The first kappa shape index (κ1) is 38.7. The van der Waals surface area contributed by atoms with Crippen LogP contribution in [-0.2, 0) is 16.8 Å². The molecule has 0 saturated carbocycles. The predicted molar refractivity (Wildman–Crippen MR) is 223 cm³/mol. The molecule has 290 valence electrons. The lowest BCUT2D eigenvalue weighted by atomic mass is 9.77. The number of benzene rings is 5. The largest absolute Gasteiger partial charge is 0.494 e. The second-order valence-corrected chi connectivity index (χ2v) is 13.5. The lowest BCUT2D eigenvalue weighted by Gasteiger charge is -2.37. The second-order valence-electron chi connectivity index (χ2n) is 13.5. The van der Waals surface area contributed by atoms with Crippen LogP contribution in [0.2, 0.25) is 0 Å². The third-order valence-electron chi connectivity index (χ3n) is 9.95. The highest BCUT2D eigenvalue weighted by atomic mass is 19.1. The van der Waals surface area contributed by atoms with Crippen molar-refractivity contribution in [3.8, 4) is 11.8 Å². The maximum absolute atomic E-state index is 15.2. The molecular weight excluding hydrogens is 718 g/mol. The van der Waals surface area contributed by atoms with Crippen LogP contribution in [0.1, 0.15) is 43.0 Å². The number of likely N-dealkylation sites (N-methyl/N-ethyl adjacent to an activating group) is 1. The van der Waals surface area contributed by atoms with E-state index in [9.17, 15) is 4.79 Å². The summed E-state index contributed by atoms with van der Waals surface area (Å²) in [5.41, 5.74) is 4.03. The minimum absolute atomic E-state index is 0.0390. The summed E-state index contributed by atoms with van der Waals surface area (Å²) in [4.78, 5) is 24.5. The van der Waals surface area contributed by atoms with E-state index in [0.717, 1.165) is 52.8 Å². The maximum atomic E-state index is 15.2. The van der Waals surface area contributed by atoms with E-state index in [0.29, 0.717) is 36.6 Å². The molecule has 0 bridgehead atoms. The smallest absolute Gasteiger partial charge is 0.318 e. The lowest BCUT2D eigenvalue weighted by molar-refractivity contribution is -0.115. The van der Waals surface area contributed by atoms with Crippen molar-refractivity contribution in [2.45, 2.75) is 32.7 Å². The van der Waals surface area contributed by atoms with E-state index in [1.165, 1.54) is 0 Å².